The molecule has 0 atom stereocenters. The van der Waals surface area contributed by atoms with Crippen molar-refractivity contribution < 1.29 is 5.11 Å². The molecule has 1 nitrogen and oxygen atoms in total. The predicted octanol–water partition coefficient (Wildman–Crippen LogP) is 7.48. The second-order valence-corrected chi connectivity index (χ2v) is 9.58. The highest BCUT2D eigenvalue weighted by atomic mass is 16.2. The van der Waals surface area contributed by atoms with E-state index in [2.05, 4.69) is 107 Å². The summed E-state index contributed by atoms with van der Waals surface area (Å²) in [5, 5.41) is 9.22. The first-order chi connectivity index (χ1) is 15.4. The molecule has 1 heteroatoms. The number of rotatable bonds is 4. The van der Waals surface area contributed by atoms with Crippen molar-refractivity contribution in [3.63, 3.8) is 0 Å². The first kappa shape index (κ1) is 20.7. The third kappa shape index (κ3) is 3.29. The van der Waals surface area contributed by atoms with E-state index in [-0.39, 0.29) is 12.0 Å². The first-order valence-electron chi connectivity index (χ1n) is 11.5. The highest BCUT2D eigenvalue weighted by molar-refractivity contribution is 5.84. The molecule has 0 heterocycles. The Morgan fingerprint density at radius 3 is 1.91 bits per heavy atom. The van der Waals surface area contributed by atoms with Gasteiger partial charge in [0.15, 0.2) is 0 Å². The van der Waals surface area contributed by atoms with Gasteiger partial charge in [0.05, 0.1) is 0 Å². The molecule has 0 aromatic heterocycles. The molecule has 0 unspecified atom stereocenters. The van der Waals surface area contributed by atoms with Crippen molar-refractivity contribution in [1.29, 1.82) is 0 Å². The average molecular weight is 419 g/mol. The molecule has 0 saturated heterocycles. The molecule has 32 heavy (non-hydrogen) atoms. The van der Waals surface area contributed by atoms with Gasteiger partial charge in [0.1, 0.15) is 0 Å². The molecule has 5 rings (SSSR count). The van der Waals surface area contributed by atoms with E-state index in [0.29, 0.717) is 6.42 Å². The van der Waals surface area contributed by atoms with Crippen LogP contribution in [0.2, 0.25) is 0 Å². The minimum absolute atomic E-state index is 0.0182. The molecule has 4 aromatic rings. The van der Waals surface area contributed by atoms with E-state index in [1.165, 1.54) is 61.2 Å². The van der Waals surface area contributed by atoms with Gasteiger partial charge in [0, 0.05) is 12.0 Å². The molecule has 160 valence electrons. The van der Waals surface area contributed by atoms with Crippen LogP contribution in [0.5, 0.6) is 0 Å². The summed E-state index contributed by atoms with van der Waals surface area (Å²) >= 11 is 0. The summed E-state index contributed by atoms with van der Waals surface area (Å²) in [7, 11) is 0. The number of aliphatic hydroxyl groups is 1. The van der Waals surface area contributed by atoms with Crippen LogP contribution in [0.4, 0.5) is 0 Å². The lowest BCUT2D eigenvalue weighted by Crippen LogP contribution is -2.14. The van der Waals surface area contributed by atoms with Gasteiger partial charge < -0.3 is 5.11 Å². The molecule has 0 saturated carbocycles. The summed E-state index contributed by atoms with van der Waals surface area (Å²) in [6.45, 7) is 9.21. The standard InChI is InChI=1S/C31H30O/c1-20-17-22(15-16-32)9-12-25(20)26-13-10-23(18-21(26)2)24-11-14-28-27-7-5-6-8-29(27)31(3,4)30(28)19-24/h5-14,17-19,32H,15-16H2,1-4H3. The maximum absolute atomic E-state index is 9.22. The van der Waals surface area contributed by atoms with Crippen molar-refractivity contribution >= 4 is 0 Å². The third-order valence-electron chi connectivity index (χ3n) is 7.12. The van der Waals surface area contributed by atoms with Crippen molar-refractivity contribution in [3.05, 3.63) is 107 Å². The largest absolute Gasteiger partial charge is 0.396 e. The van der Waals surface area contributed by atoms with E-state index < -0.39 is 0 Å². The molecule has 0 amide bonds. The van der Waals surface area contributed by atoms with Crippen LogP contribution in [0, 0.1) is 13.8 Å². The highest BCUT2D eigenvalue weighted by Gasteiger charge is 2.35. The molecule has 0 radical (unpaired) electrons. The normalized spacial score (nSPS) is 13.7. The van der Waals surface area contributed by atoms with Gasteiger partial charge in [-0.2, -0.15) is 0 Å². The molecule has 0 spiro atoms. The molecule has 0 bridgehead atoms. The summed E-state index contributed by atoms with van der Waals surface area (Å²) in [5.41, 5.74) is 14.4. The summed E-state index contributed by atoms with van der Waals surface area (Å²) in [6, 6.07) is 29.1. The quantitative estimate of drug-likeness (QED) is 0.364. The second-order valence-electron chi connectivity index (χ2n) is 9.58. The van der Waals surface area contributed by atoms with Crippen LogP contribution in [0.3, 0.4) is 0 Å². The van der Waals surface area contributed by atoms with Gasteiger partial charge in [-0.1, -0.05) is 86.6 Å². The second kappa shape index (κ2) is 7.76. The Morgan fingerprint density at radius 1 is 0.625 bits per heavy atom. The molecule has 4 aromatic carbocycles. The van der Waals surface area contributed by atoms with Gasteiger partial charge in [-0.3, -0.25) is 0 Å². The fourth-order valence-electron chi connectivity index (χ4n) is 5.34. The van der Waals surface area contributed by atoms with Crippen molar-refractivity contribution in [2.45, 2.75) is 39.5 Å². The van der Waals surface area contributed by atoms with Crippen LogP contribution in [0.25, 0.3) is 33.4 Å². The highest BCUT2D eigenvalue weighted by Crippen LogP contribution is 2.49. The Morgan fingerprint density at radius 2 is 1.22 bits per heavy atom. The van der Waals surface area contributed by atoms with Crippen molar-refractivity contribution in [2.75, 3.05) is 6.61 Å². The zero-order valence-corrected chi connectivity index (χ0v) is 19.4. The number of hydrogen-bond donors (Lipinski definition) is 1. The fraction of sp³-hybridized carbons (Fsp3) is 0.226. The van der Waals surface area contributed by atoms with Crippen molar-refractivity contribution in [3.8, 4) is 33.4 Å². The Kier molecular flexibility index (Phi) is 5.03. The van der Waals surface area contributed by atoms with Crippen molar-refractivity contribution in [2.24, 2.45) is 0 Å². The number of fused-ring (bicyclic) bond motifs is 3. The third-order valence-corrected chi connectivity index (χ3v) is 7.12. The topological polar surface area (TPSA) is 20.2 Å². The number of aliphatic hydroxyl groups excluding tert-OH is 1. The smallest absolute Gasteiger partial charge is 0.0471 e. The SMILES string of the molecule is Cc1cc(CCO)ccc1-c1ccc(-c2ccc3c(c2)C(C)(C)c2ccccc2-3)cc1C. The van der Waals surface area contributed by atoms with Gasteiger partial charge in [-0.15, -0.1) is 0 Å². The maximum atomic E-state index is 9.22. The van der Waals surface area contributed by atoms with Gasteiger partial charge in [-0.05, 0) is 87.5 Å². The van der Waals surface area contributed by atoms with Crippen LogP contribution in [-0.2, 0) is 11.8 Å². The van der Waals surface area contributed by atoms with E-state index in [1.807, 2.05) is 0 Å². The molecular weight excluding hydrogens is 388 g/mol. The van der Waals surface area contributed by atoms with Gasteiger partial charge in [-0.25, -0.2) is 0 Å². The molecule has 1 aliphatic rings. The summed E-state index contributed by atoms with van der Waals surface area (Å²) in [5.74, 6) is 0. The monoisotopic (exact) mass is 418 g/mol. The van der Waals surface area contributed by atoms with Crippen LogP contribution in [0.1, 0.15) is 41.7 Å². The van der Waals surface area contributed by atoms with Crippen LogP contribution < -0.4 is 0 Å². The lowest BCUT2D eigenvalue weighted by atomic mass is 9.81. The maximum Gasteiger partial charge on any atom is 0.0471 e. The lowest BCUT2D eigenvalue weighted by Gasteiger charge is -2.22. The number of aryl methyl sites for hydroxylation is 2. The number of hydrogen-bond acceptors (Lipinski definition) is 1. The molecule has 1 N–H and O–H groups in total. The zero-order chi connectivity index (χ0) is 22.5. The van der Waals surface area contributed by atoms with E-state index >= 15 is 0 Å². The minimum Gasteiger partial charge on any atom is -0.396 e. The Bertz CT molecular complexity index is 1330. The van der Waals surface area contributed by atoms with E-state index in [0.717, 1.165) is 0 Å². The van der Waals surface area contributed by atoms with Crippen LogP contribution in [0.15, 0.2) is 78.9 Å². The van der Waals surface area contributed by atoms with E-state index in [9.17, 15) is 5.11 Å². The van der Waals surface area contributed by atoms with Gasteiger partial charge >= 0.3 is 0 Å². The van der Waals surface area contributed by atoms with E-state index in [1.54, 1.807) is 0 Å². The summed E-state index contributed by atoms with van der Waals surface area (Å²) < 4.78 is 0. The Balaban J connectivity index is 1.53. The van der Waals surface area contributed by atoms with Crippen molar-refractivity contribution in [1.82, 2.24) is 0 Å². The fourth-order valence-corrected chi connectivity index (χ4v) is 5.34. The first-order valence-corrected chi connectivity index (χ1v) is 11.5. The number of benzene rings is 4. The molecular formula is C31H30O. The molecule has 0 fully saturated rings. The summed E-state index contributed by atoms with van der Waals surface area (Å²) in [4.78, 5) is 0. The predicted molar refractivity (Wildman–Crippen MR) is 135 cm³/mol. The molecule has 0 aliphatic heterocycles. The van der Waals surface area contributed by atoms with Crippen LogP contribution >= 0.6 is 0 Å². The summed E-state index contributed by atoms with van der Waals surface area (Å²) in [6.07, 6.45) is 0.706. The Hall–Kier alpha value is -3.16. The zero-order valence-electron chi connectivity index (χ0n) is 19.4. The van der Waals surface area contributed by atoms with Gasteiger partial charge in [0.2, 0.25) is 0 Å². The lowest BCUT2D eigenvalue weighted by molar-refractivity contribution is 0.299. The average Bonchev–Trinajstić information content (AvgIpc) is 3.01. The minimum atomic E-state index is 0.0182. The van der Waals surface area contributed by atoms with Crippen LogP contribution in [-0.4, -0.2) is 11.7 Å². The Labute approximate surface area is 191 Å². The molecule has 1 aliphatic carbocycles. The van der Waals surface area contributed by atoms with E-state index in [4.69, 9.17) is 0 Å². The van der Waals surface area contributed by atoms with Gasteiger partial charge in [0.25, 0.3) is 0 Å².